The van der Waals surface area contributed by atoms with Gasteiger partial charge in [-0.15, -0.1) is 0 Å². The number of amides is 2. The number of benzene rings is 3. The molecule has 0 saturated carbocycles. The second kappa shape index (κ2) is 12.0. The number of hydrogen-bond acceptors (Lipinski definition) is 4. The van der Waals surface area contributed by atoms with Crippen molar-refractivity contribution in [2.45, 2.75) is 51.6 Å². The molecule has 1 aliphatic carbocycles. The molecule has 0 bridgehead atoms. The van der Waals surface area contributed by atoms with E-state index in [-0.39, 0.29) is 37.2 Å². The quantitative estimate of drug-likeness (QED) is 0.312. The number of methoxy groups -OCH3 is 1. The Labute approximate surface area is 244 Å². The Kier molecular flexibility index (Phi) is 8.48. The second-order valence-corrected chi connectivity index (χ2v) is 11.4. The van der Waals surface area contributed by atoms with Crippen molar-refractivity contribution >= 4 is 51.8 Å². The van der Waals surface area contributed by atoms with Gasteiger partial charge in [0.15, 0.2) is 0 Å². The Morgan fingerprint density at radius 3 is 2.65 bits per heavy atom. The summed E-state index contributed by atoms with van der Waals surface area (Å²) in [6, 6.07) is 19.2. The molecule has 8 heteroatoms. The van der Waals surface area contributed by atoms with E-state index in [0.717, 1.165) is 35.6 Å². The summed E-state index contributed by atoms with van der Waals surface area (Å²) in [6.07, 6.45) is 5.22. The van der Waals surface area contributed by atoms with Crippen LogP contribution in [0.3, 0.4) is 0 Å². The van der Waals surface area contributed by atoms with Crippen LogP contribution in [0.5, 0.6) is 0 Å². The molecular formula is C32H32Cl2N2O4. The zero-order chi connectivity index (χ0) is 28.3. The van der Waals surface area contributed by atoms with Crippen LogP contribution in [-0.2, 0) is 32.2 Å². The molecule has 6 nitrogen and oxygen atoms in total. The van der Waals surface area contributed by atoms with Gasteiger partial charge in [0.2, 0.25) is 11.8 Å². The Bertz CT molecular complexity index is 1480. The predicted molar refractivity (Wildman–Crippen MR) is 157 cm³/mol. The van der Waals surface area contributed by atoms with Crippen LogP contribution in [0, 0.1) is 11.3 Å². The molecule has 0 radical (unpaired) electrons. The third-order valence-corrected chi connectivity index (χ3v) is 8.68. The molecule has 0 spiro atoms. The number of carbonyl (C=O) groups excluding carboxylic acids is 3. The average molecular weight is 580 g/mol. The van der Waals surface area contributed by atoms with E-state index in [4.69, 9.17) is 27.9 Å². The molecule has 1 heterocycles. The van der Waals surface area contributed by atoms with Gasteiger partial charge < -0.3 is 15.0 Å². The van der Waals surface area contributed by atoms with Crippen molar-refractivity contribution in [1.29, 1.82) is 0 Å². The van der Waals surface area contributed by atoms with Crippen molar-refractivity contribution in [3.63, 3.8) is 0 Å². The summed E-state index contributed by atoms with van der Waals surface area (Å²) in [6.45, 7) is 0.520. The minimum Gasteiger partial charge on any atom is -0.468 e. The standard InChI is InChI=1S/C32H32Cl2N2O4/c1-40-31(39)32-15-6-2-3-12-28(32)36(20-23-13-14-25(33)17-27(23)34)30(38)24(18-32)16-29(37)35-19-22-10-7-9-21-8-4-5-11-26(21)22/h4-5,7-14,17,24H,2-3,6,15-16,18-20H2,1H3,(H,35,37)/t24-,32+/m1/s1. The number of hydrogen-bond donors (Lipinski definition) is 1. The van der Waals surface area contributed by atoms with Crippen molar-refractivity contribution in [2.24, 2.45) is 11.3 Å². The largest absolute Gasteiger partial charge is 0.468 e. The molecule has 1 aliphatic heterocycles. The number of piperidine rings is 1. The zero-order valence-corrected chi connectivity index (χ0v) is 23.9. The summed E-state index contributed by atoms with van der Waals surface area (Å²) in [5.41, 5.74) is 1.36. The van der Waals surface area contributed by atoms with E-state index >= 15 is 0 Å². The van der Waals surface area contributed by atoms with Crippen molar-refractivity contribution in [2.75, 3.05) is 7.11 Å². The number of allylic oxidation sites excluding steroid dienone is 1. The summed E-state index contributed by atoms with van der Waals surface area (Å²) < 4.78 is 5.32. The molecule has 3 aromatic carbocycles. The SMILES string of the molecule is COC(=O)[C@]12CCCCC=C1N(Cc1ccc(Cl)cc1Cl)C(=O)[C@H](CC(=O)NCc1cccc3ccccc13)C2. The highest BCUT2D eigenvalue weighted by Crippen LogP contribution is 2.50. The first-order chi connectivity index (χ1) is 19.3. The van der Waals surface area contributed by atoms with E-state index in [1.165, 1.54) is 7.11 Å². The molecule has 2 atom stereocenters. The highest BCUT2D eigenvalue weighted by Gasteiger charge is 2.53. The maximum Gasteiger partial charge on any atom is 0.317 e. The lowest BCUT2D eigenvalue weighted by Gasteiger charge is -2.46. The van der Waals surface area contributed by atoms with Crippen molar-refractivity contribution < 1.29 is 19.1 Å². The van der Waals surface area contributed by atoms with E-state index in [9.17, 15) is 14.4 Å². The molecule has 1 saturated heterocycles. The lowest BCUT2D eigenvalue weighted by molar-refractivity contribution is -0.160. The molecule has 40 heavy (non-hydrogen) atoms. The number of nitrogens with zero attached hydrogens (tertiary/aromatic N) is 1. The normalized spacial score (nSPS) is 20.9. The molecule has 208 valence electrons. The van der Waals surface area contributed by atoms with Gasteiger partial charge in [-0.25, -0.2) is 0 Å². The average Bonchev–Trinajstić information content (AvgIpc) is 3.18. The number of halogens is 2. The fourth-order valence-electron chi connectivity index (χ4n) is 6.12. The minimum atomic E-state index is -1.00. The maximum absolute atomic E-state index is 14.0. The van der Waals surface area contributed by atoms with Crippen molar-refractivity contribution in [1.82, 2.24) is 10.2 Å². The van der Waals surface area contributed by atoms with Crippen molar-refractivity contribution in [3.8, 4) is 0 Å². The topological polar surface area (TPSA) is 75.7 Å². The number of esters is 1. The predicted octanol–water partition coefficient (Wildman–Crippen LogP) is 6.82. The Morgan fingerprint density at radius 2 is 1.85 bits per heavy atom. The van der Waals surface area contributed by atoms with Gasteiger partial charge in [-0.05, 0) is 59.7 Å². The Balaban J connectivity index is 1.42. The van der Waals surface area contributed by atoms with E-state index in [0.29, 0.717) is 34.3 Å². The summed E-state index contributed by atoms with van der Waals surface area (Å²) >= 11 is 12.6. The first kappa shape index (κ1) is 28.2. The number of nitrogens with one attached hydrogen (secondary N) is 1. The molecule has 1 fully saturated rings. The second-order valence-electron chi connectivity index (χ2n) is 10.6. The van der Waals surface area contributed by atoms with E-state index in [1.54, 1.807) is 23.1 Å². The highest BCUT2D eigenvalue weighted by atomic mass is 35.5. The summed E-state index contributed by atoms with van der Waals surface area (Å²) in [5, 5.41) is 6.11. The molecule has 3 aromatic rings. The summed E-state index contributed by atoms with van der Waals surface area (Å²) in [4.78, 5) is 42.3. The minimum absolute atomic E-state index is 0.0273. The van der Waals surface area contributed by atoms with Crippen LogP contribution >= 0.6 is 23.2 Å². The number of likely N-dealkylation sites (tertiary alicyclic amines) is 1. The monoisotopic (exact) mass is 578 g/mol. The van der Waals surface area contributed by atoms with Gasteiger partial charge in [0.05, 0.1) is 13.7 Å². The van der Waals surface area contributed by atoms with Gasteiger partial charge in [0.25, 0.3) is 0 Å². The number of carbonyl (C=O) groups is 3. The van der Waals surface area contributed by atoms with Gasteiger partial charge in [0.1, 0.15) is 5.41 Å². The van der Waals surface area contributed by atoms with Crippen LogP contribution in [0.2, 0.25) is 10.0 Å². The van der Waals surface area contributed by atoms with Crippen LogP contribution in [0.4, 0.5) is 0 Å². The molecular weight excluding hydrogens is 547 g/mol. The maximum atomic E-state index is 14.0. The fraction of sp³-hybridized carbons (Fsp3) is 0.344. The molecule has 1 N–H and O–H groups in total. The van der Waals surface area contributed by atoms with Gasteiger partial charge in [-0.1, -0.05) is 84.2 Å². The molecule has 5 rings (SSSR count). The summed E-state index contributed by atoms with van der Waals surface area (Å²) in [7, 11) is 1.38. The fourth-order valence-corrected chi connectivity index (χ4v) is 6.59. The lowest BCUT2D eigenvalue weighted by atomic mass is 9.69. The van der Waals surface area contributed by atoms with Crippen LogP contribution in [0.25, 0.3) is 10.8 Å². The van der Waals surface area contributed by atoms with Gasteiger partial charge >= 0.3 is 5.97 Å². The molecule has 0 unspecified atom stereocenters. The van der Waals surface area contributed by atoms with Crippen molar-refractivity contribution in [3.05, 3.63) is 93.6 Å². The zero-order valence-electron chi connectivity index (χ0n) is 22.4. The molecule has 0 aromatic heterocycles. The first-order valence-corrected chi connectivity index (χ1v) is 14.4. The molecule has 2 aliphatic rings. The van der Waals surface area contributed by atoms with E-state index in [2.05, 4.69) is 5.32 Å². The molecule has 2 amide bonds. The van der Waals surface area contributed by atoms with Crippen LogP contribution in [-0.4, -0.2) is 29.8 Å². The lowest BCUT2D eigenvalue weighted by Crippen LogP contribution is -2.53. The summed E-state index contributed by atoms with van der Waals surface area (Å²) in [5.74, 6) is -1.50. The number of fused-ring (bicyclic) bond motifs is 2. The van der Waals surface area contributed by atoms with Crippen LogP contribution < -0.4 is 5.32 Å². The number of rotatable bonds is 7. The highest BCUT2D eigenvalue weighted by molar-refractivity contribution is 6.35. The van der Waals surface area contributed by atoms with Crippen LogP contribution in [0.15, 0.2) is 72.4 Å². The Hall–Kier alpha value is -3.35. The van der Waals surface area contributed by atoms with E-state index in [1.807, 2.05) is 48.5 Å². The third kappa shape index (κ3) is 5.61. The first-order valence-electron chi connectivity index (χ1n) is 13.6. The Morgan fingerprint density at radius 1 is 1.05 bits per heavy atom. The van der Waals surface area contributed by atoms with Crippen LogP contribution in [0.1, 0.15) is 49.7 Å². The third-order valence-electron chi connectivity index (χ3n) is 8.09. The van der Waals surface area contributed by atoms with Gasteiger partial charge in [-0.3, -0.25) is 14.4 Å². The van der Waals surface area contributed by atoms with Gasteiger partial charge in [-0.2, -0.15) is 0 Å². The van der Waals surface area contributed by atoms with Gasteiger partial charge in [0, 0.05) is 34.6 Å². The number of ether oxygens (including phenoxy) is 1. The van der Waals surface area contributed by atoms with E-state index < -0.39 is 11.3 Å². The smallest absolute Gasteiger partial charge is 0.317 e.